The molecule has 3 aliphatic rings. The molecule has 0 bridgehead atoms. The lowest BCUT2D eigenvalue weighted by molar-refractivity contribution is 0.0564. The number of morpholine rings is 2. The van der Waals surface area contributed by atoms with Crippen molar-refractivity contribution in [3.8, 4) is 0 Å². The SMILES string of the molecule is O=C(Nc1cc(N2CCCC2)ccc1N1CCOCC1)N1CCOCC1. The molecule has 0 unspecified atom stereocenters. The fraction of sp³-hybridized carbons (Fsp3) is 0.632. The monoisotopic (exact) mass is 360 g/mol. The van der Waals surface area contributed by atoms with Crippen LogP contribution in [0.4, 0.5) is 21.9 Å². The van der Waals surface area contributed by atoms with E-state index in [1.165, 1.54) is 18.5 Å². The molecule has 7 heteroatoms. The number of nitrogens with one attached hydrogen (secondary N) is 1. The summed E-state index contributed by atoms with van der Waals surface area (Å²) in [5.74, 6) is 0. The molecule has 3 fully saturated rings. The third kappa shape index (κ3) is 3.88. The van der Waals surface area contributed by atoms with E-state index in [-0.39, 0.29) is 6.03 Å². The predicted octanol–water partition coefficient (Wildman–Crippen LogP) is 1.99. The molecule has 26 heavy (non-hydrogen) atoms. The number of ether oxygens (including phenoxy) is 2. The molecule has 0 aliphatic carbocycles. The van der Waals surface area contributed by atoms with Gasteiger partial charge in [0.25, 0.3) is 0 Å². The lowest BCUT2D eigenvalue weighted by Gasteiger charge is -2.32. The van der Waals surface area contributed by atoms with E-state index in [1.54, 1.807) is 0 Å². The number of hydrogen-bond donors (Lipinski definition) is 1. The van der Waals surface area contributed by atoms with Crippen LogP contribution in [-0.2, 0) is 9.47 Å². The smallest absolute Gasteiger partial charge is 0.322 e. The third-order valence-corrected chi connectivity index (χ3v) is 5.34. The van der Waals surface area contributed by atoms with Gasteiger partial charge in [0.1, 0.15) is 0 Å². The summed E-state index contributed by atoms with van der Waals surface area (Å²) in [7, 11) is 0. The number of anilines is 3. The molecule has 4 rings (SSSR count). The number of carbonyl (C=O) groups is 1. The number of hydrogen-bond acceptors (Lipinski definition) is 5. The van der Waals surface area contributed by atoms with Gasteiger partial charge in [-0.05, 0) is 31.0 Å². The van der Waals surface area contributed by atoms with Crippen LogP contribution < -0.4 is 15.1 Å². The summed E-state index contributed by atoms with van der Waals surface area (Å²) in [5.41, 5.74) is 3.17. The van der Waals surface area contributed by atoms with Gasteiger partial charge in [-0.25, -0.2) is 4.79 Å². The molecule has 1 aromatic carbocycles. The van der Waals surface area contributed by atoms with Gasteiger partial charge >= 0.3 is 6.03 Å². The molecule has 2 amide bonds. The molecule has 0 radical (unpaired) electrons. The summed E-state index contributed by atoms with van der Waals surface area (Å²) >= 11 is 0. The van der Waals surface area contributed by atoms with Gasteiger partial charge < -0.3 is 29.5 Å². The van der Waals surface area contributed by atoms with Crippen LogP contribution in [0.5, 0.6) is 0 Å². The molecule has 0 saturated carbocycles. The summed E-state index contributed by atoms with van der Waals surface area (Å²) in [4.78, 5) is 19.3. The highest BCUT2D eigenvalue weighted by atomic mass is 16.5. The maximum Gasteiger partial charge on any atom is 0.322 e. The van der Waals surface area contributed by atoms with Crippen molar-refractivity contribution in [3.05, 3.63) is 18.2 Å². The van der Waals surface area contributed by atoms with E-state index in [1.807, 2.05) is 4.90 Å². The standard InChI is InChI=1S/C19H28N4O3/c24-19(23-9-13-26-14-10-23)20-17-15-16(21-5-1-2-6-21)3-4-18(17)22-7-11-25-12-8-22/h3-4,15H,1-2,5-14H2,(H,20,24). The molecule has 142 valence electrons. The van der Waals surface area contributed by atoms with Crippen LogP contribution in [0.3, 0.4) is 0 Å². The van der Waals surface area contributed by atoms with Crippen molar-refractivity contribution in [3.63, 3.8) is 0 Å². The number of carbonyl (C=O) groups excluding carboxylic acids is 1. The Hall–Kier alpha value is -1.99. The normalized spacial score (nSPS) is 21.2. The Bertz CT molecular complexity index is 621. The molecule has 7 nitrogen and oxygen atoms in total. The van der Waals surface area contributed by atoms with Crippen LogP contribution in [0.15, 0.2) is 18.2 Å². The van der Waals surface area contributed by atoms with E-state index in [0.29, 0.717) is 26.3 Å². The number of amides is 2. The van der Waals surface area contributed by atoms with Gasteiger partial charge in [0, 0.05) is 45.0 Å². The van der Waals surface area contributed by atoms with E-state index in [9.17, 15) is 4.79 Å². The topological polar surface area (TPSA) is 57.3 Å². The Labute approximate surface area is 154 Å². The fourth-order valence-electron chi connectivity index (χ4n) is 3.84. The van der Waals surface area contributed by atoms with Crippen molar-refractivity contribution >= 4 is 23.1 Å². The second kappa shape index (κ2) is 8.14. The Morgan fingerprint density at radius 3 is 2.19 bits per heavy atom. The Kier molecular flexibility index (Phi) is 5.45. The number of rotatable bonds is 3. The number of urea groups is 1. The first-order valence-corrected chi connectivity index (χ1v) is 9.67. The number of nitrogens with zero attached hydrogens (tertiary/aromatic N) is 3. The van der Waals surface area contributed by atoms with Crippen LogP contribution in [-0.4, -0.2) is 76.6 Å². The quantitative estimate of drug-likeness (QED) is 0.893. The first-order chi connectivity index (χ1) is 12.8. The zero-order chi connectivity index (χ0) is 17.8. The molecule has 0 aromatic heterocycles. The summed E-state index contributed by atoms with van der Waals surface area (Å²) < 4.78 is 10.8. The zero-order valence-corrected chi connectivity index (χ0v) is 15.3. The van der Waals surface area contributed by atoms with Gasteiger partial charge in [-0.15, -0.1) is 0 Å². The van der Waals surface area contributed by atoms with E-state index >= 15 is 0 Å². The summed E-state index contributed by atoms with van der Waals surface area (Å²) in [6.45, 7) is 7.84. The molecule has 3 saturated heterocycles. The molecule has 1 aromatic rings. The Morgan fingerprint density at radius 2 is 1.50 bits per heavy atom. The molecular weight excluding hydrogens is 332 g/mol. The van der Waals surface area contributed by atoms with E-state index < -0.39 is 0 Å². The highest BCUT2D eigenvalue weighted by Gasteiger charge is 2.22. The van der Waals surface area contributed by atoms with Crippen LogP contribution in [0.2, 0.25) is 0 Å². The Morgan fingerprint density at radius 1 is 0.846 bits per heavy atom. The minimum absolute atomic E-state index is 0.0404. The third-order valence-electron chi connectivity index (χ3n) is 5.34. The van der Waals surface area contributed by atoms with Gasteiger partial charge in [0.15, 0.2) is 0 Å². The van der Waals surface area contributed by atoms with Crippen LogP contribution in [0.25, 0.3) is 0 Å². The average molecular weight is 360 g/mol. The van der Waals surface area contributed by atoms with Crippen molar-refractivity contribution in [1.29, 1.82) is 0 Å². The molecule has 0 atom stereocenters. The maximum absolute atomic E-state index is 12.7. The molecule has 0 spiro atoms. The lowest BCUT2D eigenvalue weighted by atomic mass is 10.2. The minimum atomic E-state index is -0.0404. The van der Waals surface area contributed by atoms with Crippen molar-refractivity contribution in [2.75, 3.05) is 80.8 Å². The highest BCUT2D eigenvalue weighted by Crippen LogP contribution is 2.33. The second-order valence-electron chi connectivity index (χ2n) is 7.02. The second-order valence-corrected chi connectivity index (χ2v) is 7.02. The van der Waals surface area contributed by atoms with E-state index in [2.05, 4.69) is 33.3 Å². The average Bonchev–Trinajstić information content (AvgIpc) is 3.24. The summed E-state index contributed by atoms with van der Waals surface area (Å²) in [5, 5.41) is 3.16. The van der Waals surface area contributed by atoms with E-state index in [4.69, 9.17) is 9.47 Å². The predicted molar refractivity (Wildman–Crippen MR) is 102 cm³/mol. The van der Waals surface area contributed by atoms with Crippen LogP contribution >= 0.6 is 0 Å². The summed E-state index contributed by atoms with van der Waals surface area (Å²) in [6.07, 6.45) is 2.47. The van der Waals surface area contributed by atoms with Crippen molar-refractivity contribution in [2.45, 2.75) is 12.8 Å². The molecule has 3 heterocycles. The minimum Gasteiger partial charge on any atom is -0.378 e. The van der Waals surface area contributed by atoms with Crippen LogP contribution in [0.1, 0.15) is 12.8 Å². The van der Waals surface area contributed by atoms with Gasteiger partial charge in [0.2, 0.25) is 0 Å². The maximum atomic E-state index is 12.7. The van der Waals surface area contributed by atoms with E-state index in [0.717, 1.165) is 50.8 Å². The first kappa shape index (κ1) is 17.4. The fourth-order valence-corrected chi connectivity index (χ4v) is 3.84. The van der Waals surface area contributed by atoms with Crippen molar-refractivity contribution < 1.29 is 14.3 Å². The molecule has 3 aliphatic heterocycles. The molecule has 1 N–H and O–H groups in total. The lowest BCUT2D eigenvalue weighted by Crippen LogP contribution is -2.43. The number of benzene rings is 1. The van der Waals surface area contributed by atoms with Gasteiger partial charge in [-0.3, -0.25) is 0 Å². The van der Waals surface area contributed by atoms with Gasteiger partial charge in [-0.2, -0.15) is 0 Å². The van der Waals surface area contributed by atoms with Gasteiger partial charge in [-0.1, -0.05) is 0 Å². The highest BCUT2D eigenvalue weighted by molar-refractivity contribution is 5.94. The van der Waals surface area contributed by atoms with Crippen LogP contribution in [0, 0.1) is 0 Å². The van der Waals surface area contributed by atoms with Crippen molar-refractivity contribution in [1.82, 2.24) is 4.90 Å². The zero-order valence-electron chi connectivity index (χ0n) is 15.3. The van der Waals surface area contributed by atoms with Crippen molar-refractivity contribution in [2.24, 2.45) is 0 Å². The largest absolute Gasteiger partial charge is 0.378 e. The molecular formula is C19H28N4O3. The summed E-state index contributed by atoms with van der Waals surface area (Å²) in [6, 6.07) is 6.42. The van der Waals surface area contributed by atoms with Gasteiger partial charge in [0.05, 0.1) is 37.8 Å². The first-order valence-electron chi connectivity index (χ1n) is 9.67. The Balaban J connectivity index is 1.57.